The Morgan fingerprint density at radius 3 is 2.50 bits per heavy atom. The van der Waals surface area contributed by atoms with Crippen molar-refractivity contribution in [3.63, 3.8) is 0 Å². The van der Waals surface area contributed by atoms with Crippen molar-refractivity contribution in [3.05, 3.63) is 54.2 Å². The number of nitrogens with one attached hydrogen (secondary N) is 1. The molecule has 0 amide bonds. The van der Waals surface area contributed by atoms with Gasteiger partial charge in [-0.3, -0.25) is 4.72 Å². The maximum atomic E-state index is 12.1. The number of hydrogen-bond donors (Lipinski definition) is 2. The Bertz CT molecular complexity index is 655. The van der Waals surface area contributed by atoms with E-state index < -0.39 is 10.0 Å². The Hall–Kier alpha value is -2.08. The summed E-state index contributed by atoms with van der Waals surface area (Å²) in [6.07, 6.45) is 1.40. The number of nitrogens with zero attached hydrogens (tertiary/aromatic N) is 1. The third-order valence-electron chi connectivity index (χ3n) is 2.90. The van der Waals surface area contributed by atoms with E-state index in [-0.39, 0.29) is 11.7 Å². The lowest BCUT2D eigenvalue weighted by Crippen LogP contribution is -2.20. The highest BCUT2D eigenvalue weighted by Crippen LogP contribution is 2.18. The molecule has 1 aromatic heterocycles. The van der Waals surface area contributed by atoms with Crippen LogP contribution in [0.1, 0.15) is 18.4 Å². The maximum Gasteiger partial charge on any atom is 0.233 e. The largest absolute Gasteiger partial charge is 0.384 e. The van der Waals surface area contributed by atoms with Crippen molar-refractivity contribution in [2.24, 2.45) is 0 Å². The lowest BCUT2D eigenvalue weighted by molar-refractivity contribution is 0.595. The minimum absolute atomic E-state index is 0.0153. The van der Waals surface area contributed by atoms with Gasteiger partial charge >= 0.3 is 0 Å². The molecule has 2 aromatic rings. The molecule has 1 aromatic carbocycles. The van der Waals surface area contributed by atoms with E-state index in [0.29, 0.717) is 11.5 Å². The summed E-state index contributed by atoms with van der Waals surface area (Å²) in [6, 6.07) is 12.7. The van der Waals surface area contributed by atoms with Gasteiger partial charge < -0.3 is 5.73 Å². The van der Waals surface area contributed by atoms with Crippen molar-refractivity contribution in [1.29, 1.82) is 0 Å². The third kappa shape index (κ3) is 3.96. The molecule has 0 radical (unpaired) electrons. The second-order valence-electron chi connectivity index (χ2n) is 4.67. The van der Waals surface area contributed by atoms with E-state index in [0.717, 1.165) is 5.56 Å². The molecule has 106 valence electrons. The van der Waals surface area contributed by atoms with E-state index in [2.05, 4.69) is 9.71 Å². The van der Waals surface area contributed by atoms with E-state index in [1.54, 1.807) is 12.1 Å². The molecular formula is C14H17N3O2S. The fourth-order valence-corrected chi connectivity index (χ4v) is 3.31. The van der Waals surface area contributed by atoms with Crippen LogP contribution in [-0.2, 0) is 10.0 Å². The highest BCUT2D eigenvalue weighted by molar-refractivity contribution is 7.92. The van der Waals surface area contributed by atoms with Crippen molar-refractivity contribution >= 4 is 21.5 Å². The summed E-state index contributed by atoms with van der Waals surface area (Å²) in [5.74, 6) is 0.280. The van der Waals surface area contributed by atoms with Crippen molar-refractivity contribution in [1.82, 2.24) is 4.98 Å². The van der Waals surface area contributed by atoms with Gasteiger partial charge in [0.05, 0.1) is 17.6 Å². The number of benzene rings is 1. The molecule has 3 N–H and O–H groups in total. The van der Waals surface area contributed by atoms with Crippen molar-refractivity contribution in [3.8, 4) is 0 Å². The number of aromatic nitrogens is 1. The molecule has 20 heavy (non-hydrogen) atoms. The minimum Gasteiger partial charge on any atom is -0.384 e. The summed E-state index contributed by atoms with van der Waals surface area (Å²) in [7, 11) is -3.43. The van der Waals surface area contributed by atoms with Crippen LogP contribution in [0.15, 0.2) is 48.7 Å². The molecule has 0 spiro atoms. The standard InChI is InChI=1S/C14H17N3O2S/c1-11(12-5-3-2-4-6-12)10-20(18,19)17-13-7-8-14(15)16-9-13/h2-9,11,17H,10H2,1H3,(H2,15,16). The summed E-state index contributed by atoms with van der Waals surface area (Å²) in [6.45, 7) is 1.88. The molecule has 0 aliphatic heterocycles. The topological polar surface area (TPSA) is 85.1 Å². The van der Waals surface area contributed by atoms with Gasteiger partial charge in [0, 0.05) is 0 Å². The van der Waals surface area contributed by atoms with Gasteiger partial charge in [-0.15, -0.1) is 0 Å². The molecule has 1 atom stereocenters. The highest BCUT2D eigenvalue weighted by Gasteiger charge is 2.17. The number of nitrogen functional groups attached to an aromatic ring is 1. The fraction of sp³-hybridized carbons (Fsp3) is 0.214. The molecule has 0 aliphatic rings. The lowest BCUT2D eigenvalue weighted by Gasteiger charge is -2.13. The van der Waals surface area contributed by atoms with Crippen LogP contribution in [-0.4, -0.2) is 19.2 Å². The average molecular weight is 291 g/mol. The smallest absolute Gasteiger partial charge is 0.233 e. The van der Waals surface area contributed by atoms with Gasteiger partial charge in [-0.05, 0) is 23.6 Å². The summed E-state index contributed by atoms with van der Waals surface area (Å²) in [5.41, 5.74) is 6.87. The first-order chi connectivity index (χ1) is 9.46. The summed E-state index contributed by atoms with van der Waals surface area (Å²) >= 11 is 0. The first kappa shape index (κ1) is 14.3. The summed E-state index contributed by atoms with van der Waals surface area (Å²) in [4.78, 5) is 3.85. The monoisotopic (exact) mass is 291 g/mol. The molecule has 0 bridgehead atoms. The van der Waals surface area contributed by atoms with Gasteiger partial charge in [-0.2, -0.15) is 0 Å². The highest BCUT2D eigenvalue weighted by atomic mass is 32.2. The molecule has 0 aliphatic carbocycles. The third-order valence-corrected chi connectivity index (χ3v) is 4.38. The second-order valence-corrected chi connectivity index (χ2v) is 6.43. The molecule has 0 fully saturated rings. The van der Waals surface area contributed by atoms with Crippen LogP contribution in [0.2, 0.25) is 0 Å². The van der Waals surface area contributed by atoms with Crippen LogP contribution in [0, 0.1) is 0 Å². The fourth-order valence-electron chi connectivity index (χ4n) is 1.89. The SMILES string of the molecule is CC(CS(=O)(=O)Nc1ccc(N)nc1)c1ccccc1. The molecule has 1 unspecified atom stereocenters. The Morgan fingerprint density at radius 1 is 1.20 bits per heavy atom. The van der Waals surface area contributed by atoms with Gasteiger partial charge in [0.1, 0.15) is 5.82 Å². The molecule has 1 heterocycles. The van der Waals surface area contributed by atoms with Crippen LogP contribution in [0.4, 0.5) is 11.5 Å². The van der Waals surface area contributed by atoms with E-state index in [1.165, 1.54) is 6.20 Å². The number of pyridine rings is 1. The number of sulfonamides is 1. The minimum atomic E-state index is -3.43. The van der Waals surface area contributed by atoms with Gasteiger partial charge in [0.2, 0.25) is 10.0 Å². The molecule has 2 rings (SSSR count). The molecule has 0 saturated heterocycles. The van der Waals surface area contributed by atoms with Crippen LogP contribution in [0.3, 0.4) is 0 Å². The number of anilines is 2. The first-order valence-electron chi connectivity index (χ1n) is 6.23. The van der Waals surface area contributed by atoms with Crippen molar-refractivity contribution in [2.75, 3.05) is 16.2 Å². The quantitative estimate of drug-likeness (QED) is 0.884. The second kappa shape index (κ2) is 5.92. The van der Waals surface area contributed by atoms with E-state index >= 15 is 0 Å². The van der Waals surface area contributed by atoms with Gasteiger partial charge in [0.15, 0.2) is 0 Å². The maximum absolute atomic E-state index is 12.1. The van der Waals surface area contributed by atoms with Gasteiger partial charge in [0.25, 0.3) is 0 Å². The predicted molar refractivity (Wildman–Crippen MR) is 80.9 cm³/mol. The molecule has 0 saturated carbocycles. The Labute approximate surface area is 118 Å². The Morgan fingerprint density at radius 2 is 1.90 bits per heavy atom. The number of nitrogens with two attached hydrogens (primary N) is 1. The van der Waals surface area contributed by atoms with E-state index in [4.69, 9.17) is 5.73 Å². The Kier molecular flexibility index (Phi) is 4.24. The van der Waals surface area contributed by atoms with Crippen LogP contribution in [0.25, 0.3) is 0 Å². The summed E-state index contributed by atoms with van der Waals surface area (Å²) in [5, 5.41) is 0. The van der Waals surface area contributed by atoms with E-state index in [9.17, 15) is 8.42 Å². The zero-order valence-corrected chi connectivity index (χ0v) is 12.0. The van der Waals surface area contributed by atoms with Gasteiger partial charge in [-0.1, -0.05) is 37.3 Å². The number of hydrogen-bond acceptors (Lipinski definition) is 4. The van der Waals surface area contributed by atoms with Gasteiger partial charge in [-0.25, -0.2) is 13.4 Å². The number of rotatable bonds is 5. The van der Waals surface area contributed by atoms with Crippen molar-refractivity contribution in [2.45, 2.75) is 12.8 Å². The first-order valence-corrected chi connectivity index (χ1v) is 7.88. The van der Waals surface area contributed by atoms with Crippen molar-refractivity contribution < 1.29 is 8.42 Å². The zero-order valence-electron chi connectivity index (χ0n) is 11.2. The molecule has 5 nitrogen and oxygen atoms in total. The van der Waals surface area contributed by atoms with E-state index in [1.807, 2.05) is 37.3 Å². The van der Waals surface area contributed by atoms with Crippen LogP contribution < -0.4 is 10.5 Å². The lowest BCUT2D eigenvalue weighted by atomic mass is 10.0. The van der Waals surface area contributed by atoms with Crippen LogP contribution in [0.5, 0.6) is 0 Å². The Balaban J connectivity index is 2.06. The molecular weight excluding hydrogens is 274 g/mol. The summed E-state index contributed by atoms with van der Waals surface area (Å²) < 4.78 is 26.7. The average Bonchev–Trinajstić information content (AvgIpc) is 2.41. The predicted octanol–water partition coefficient (Wildman–Crippen LogP) is 2.21. The molecule has 6 heteroatoms. The normalized spacial score (nSPS) is 12.8. The van der Waals surface area contributed by atoms with Crippen LogP contribution >= 0.6 is 0 Å². The zero-order chi connectivity index (χ0) is 14.6.